The van der Waals surface area contributed by atoms with Gasteiger partial charge in [0.2, 0.25) is 0 Å². The summed E-state index contributed by atoms with van der Waals surface area (Å²) in [6.45, 7) is 1.60. The Bertz CT molecular complexity index is 303. The molecule has 0 aliphatic heterocycles. The van der Waals surface area contributed by atoms with Gasteiger partial charge in [-0.1, -0.05) is 6.07 Å². The Kier molecular flexibility index (Phi) is 2.86. The number of nitrogens with zero attached hydrogens (tertiary/aromatic N) is 1. The van der Waals surface area contributed by atoms with E-state index in [1.54, 1.807) is 19.1 Å². The summed E-state index contributed by atoms with van der Waals surface area (Å²) in [5, 5.41) is -0.0347. The molecule has 0 fully saturated rings. The monoisotopic (exact) mass is 191 g/mol. The van der Waals surface area contributed by atoms with Crippen LogP contribution >= 0.6 is 0 Å². The van der Waals surface area contributed by atoms with Crippen molar-refractivity contribution in [1.82, 2.24) is 4.98 Å². The fraction of sp³-hybridized carbons (Fsp3) is 0.286. The molecule has 0 radical (unpaired) electrons. The van der Waals surface area contributed by atoms with Crippen LogP contribution in [0.2, 0.25) is 0 Å². The van der Waals surface area contributed by atoms with Crippen LogP contribution < -0.4 is 0 Å². The fourth-order valence-corrected chi connectivity index (χ4v) is 1.49. The Morgan fingerprint density at radius 1 is 1.58 bits per heavy atom. The second-order valence-electron chi connectivity index (χ2n) is 2.18. The van der Waals surface area contributed by atoms with Crippen LogP contribution in [0, 0.1) is 6.92 Å². The highest BCUT2D eigenvalue weighted by molar-refractivity contribution is 7.85. The minimum absolute atomic E-state index is 0.0347. The first-order chi connectivity index (χ1) is 5.63. The van der Waals surface area contributed by atoms with Crippen molar-refractivity contribution in [2.45, 2.75) is 17.7 Å². The van der Waals surface area contributed by atoms with Gasteiger partial charge in [0.15, 0.2) is 0 Å². The van der Waals surface area contributed by atoms with Gasteiger partial charge in [0, 0.05) is 6.20 Å². The molecule has 0 aromatic carbocycles. The minimum atomic E-state index is -2.86. The summed E-state index contributed by atoms with van der Waals surface area (Å²) in [6, 6.07) is 3.21. The standard InChI is InChI=1S/C7H7F2NOS/c1-5-3-2-4-10-6(5)12(11)7(8)9/h2-4,7H,1H3. The van der Waals surface area contributed by atoms with Crippen molar-refractivity contribution < 1.29 is 13.0 Å². The lowest BCUT2D eigenvalue weighted by Crippen LogP contribution is -2.06. The van der Waals surface area contributed by atoms with Crippen molar-refractivity contribution in [1.29, 1.82) is 0 Å². The number of aryl methyl sites for hydroxylation is 1. The normalized spacial score (nSPS) is 13.3. The van der Waals surface area contributed by atoms with Gasteiger partial charge in [-0.05, 0) is 18.6 Å². The second-order valence-corrected chi connectivity index (χ2v) is 3.52. The maximum absolute atomic E-state index is 12.0. The zero-order chi connectivity index (χ0) is 9.14. The predicted octanol–water partition coefficient (Wildman–Crippen LogP) is 1.72. The molecule has 1 unspecified atom stereocenters. The minimum Gasteiger partial charge on any atom is -0.247 e. The Morgan fingerprint density at radius 2 is 2.25 bits per heavy atom. The molecule has 0 spiro atoms. The van der Waals surface area contributed by atoms with Crippen molar-refractivity contribution in [3.05, 3.63) is 23.9 Å². The molecule has 0 saturated carbocycles. The molecule has 1 aromatic rings. The smallest absolute Gasteiger partial charge is 0.247 e. The lowest BCUT2D eigenvalue weighted by Gasteiger charge is -2.01. The molecular weight excluding hydrogens is 184 g/mol. The number of pyridine rings is 1. The average Bonchev–Trinajstić information content (AvgIpc) is 2.04. The summed E-state index contributed by atoms with van der Waals surface area (Å²) in [6.07, 6.45) is 1.35. The molecule has 1 rings (SSSR count). The number of rotatable bonds is 2. The first-order valence-corrected chi connectivity index (χ1v) is 4.44. The predicted molar refractivity (Wildman–Crippen MR) is 41.4 cm³/mol. The van der Waals surface area contributed by atoms with Crippen LogP contribution in [-0.4, -0.2) is 15.0 Å². The molecule has 66 valence electrons. The van der Waals surface area contributed by atoms with Gasteiger partial charge in [-0.25, -0.2) is 9.19 Å². The Labute approximate surface area is 71.1 Å². The summed E-state index contributed by atoms with van der Waals surface area (Å²) in [4.78, 5) is 3.62. The SMILES string of the molecule is Cc1cccnc1S(=O)C(F)F. The average molecular weight is 191 g/mol. The van der Waals surface area contributed by atoms with Crippen molar-refractivity contribution in [3.63, 3.8) is 0 Å². The maximum atomic E-state index is 12.0. The quantitative estimate of drug-likeness (QED) is 0.712. The molecule has 0 N–H and O–H groups in total. The third-order valence-corrected chi connectivity index (χ3v) is 2.45. The van der Waals surface area contributed by atoms with E-state index in [0.717, 1.165) is 0 Å². The van der Waals surface area contributed by atoms with Gasteiger partial charge in [-0.3, -0.25) is 0 Å². The highest BCUT2D eigenvalue weighted by Gasteiger charge is 2.18. The van der Waals surface area contributed by atoms with Crippen LogP contribution in [0.15, 0.2) is 23.4 Å². The largest absolute Gasteiger partial charge is 0.317 e. The van der Waals surface area contributed by atoms with Crippen molar-refractivity contribution >= 4 is 10.8 Å². The third kappa shape index (κ3) is 1.85. The maximum Gasteiger partial charge on any atom is 0.317 e. The van der Waals surface area contributed by atoms with Gasteiger partial charge < -0.3 is 0 Å². The van der Waals surface area contributed by atoms with E-state index in [-0.39, 0.29) is 5.03 Å². The van der Waals surface area contributed by atoms with E-state index in [1.807, 2.05) is 0 Å². The number of alkyl halides is 2. The van der Waals surface area contributed by atoms with Crippen molar-refractivity contribution in [2.75, 3.05) is 0 Å². The number of aromatic nitrogens is 1. The Hall–Kier alpha value is -0.840. The van der Waals surface area contributed by atoms with E-state index in [9.17, 15) is 13.0 Å². The van der Waals surface area contributed by atoms with E-state index < -0.39 is 16.6 Å². The summed E-state index contributed by atoms with van der Waals surface area (Å²) in [5.41, 5.74) is 0.524. The van der Waals surface area contributed by atoms with E-state index in [1.165, 1.54) is 6.20 Å². The van der Waals surface area contributed by atoms with Crippen LogP contribution in [-0.2, 0) is 10.8 Å². The van der Waals surface area contributed by atoms with Crippen LogP contribution in [0.1, 0.15) is 5.56 Å². The van der Waals surface area contributed by atoms with Crippen LogP contribution in [0.5, 0.6) is 0 Å². The van der Waals surface area contributed by atoms with Gasteiger partial charge in [-0.15, -0.1) is 0 Å². The molecule has 1 atom stereocenters. The van der Waals surface area contributed by atoms with Crippen molar-refractivity contribution in [2.24, 2.45) is 0 Å². The second kappa shape index (κ2) is 3.71. The third-order valence-electron chi connectivity index (χ3n) is 1.31. The molecule has 0 bridgehead atoms. The zero-order valence-electron chi connectivity index (χ0n) is 6.33. The van der Waals surface area contributed by atoms with E-state index in [0.29, 0.717) is 5.56 Å². The lowest BCUT2D eigenvalue weighted by molar-refractivity contribution is 0.243. The molecule has 1 aromatic heterocycles. The summed E-state index contributed by atoms with van der Waals surface area (Å²) >= 11 is 0. The zero-order valence-corrected chi connectivity index (χ0v) is 7.15. The molecule has 0 saturated heterocycles. The Balaban J connectivity index is 3.03. The van der Waals surface area contributed by atoms with Crippen LogP contribution in [0.4, 0.5) is 8.78 Å². The lowest BCUT2D eigenvalue weighted by atomic mass is 10.3. The fourth-order valence-electron chi connectivity index (χ4n) is 0.766. The molecular formula is C7H7F2NOS. The van der Waals surface area contributed by atoms with Crippen LogP contribution in [0.25, 0.3) is 0 Å². The first-order valence-electron chi connectivity index (χ1n) is 3.23. The number of hydrogen-bond donors (Lipinski definition) is 0. The summed E-state index contributed by atoms with van der Waals surface area (Å²) < 4.78 is 34.8. The van der Waals surface area contributed by atoms with Gasteiger partial charge in [0.05, 0.1) is 0 Å². The molecule has 12 heavy (non-hydrogen) atoms. The van der Waals surface area contributed by atoms with E-state index >= 15 is 0 Å². The molecule has 2 nitrogen and oxygen atoms in total. The van der Waals surface area contributed by atoms with Crippen LogP contribution in [0.3, 0.4) is 0 Å². The highest BCUT2D eigenvalue weighted by Crippen LogP contribution is 2.14. The number of halogens is 2. The molecule has 1 heterocycles. The summed E-state index contributed by atoms with van der Waals surface area (Å²) in [7, 11) is -2.29. The van der Waals surface area contributed by atoms with Gasteiger partial charge in [0.1, 0.15) is 15.8 Å². The molecule has 5 heteroatoms. The van der Waals surface area contributed by atoms with E-state index in [2.05, 4.69) is 4.98 Å². The van der Waals surface area contributed by atoms with Crippen molar-refractivity contribution in [3.8, 4) is 0 Å². The Morgan fingerprint density at radius 3 is 2.75 bits per heavy atom. The highest BCUT2D eigenvalue weighted by atomic mass is 32.2. The molecule has 0 aliphatic rings. The molecule has 0 amide bonds. The van der Waals surface area contributed by atoms with Gasteiger partial charge in [0.25, 0.3) is 0 Å². The van der Waals surface area contributed by atoms with Gasteiger partial charge >= 0.3 is 5.76 Å². The van der Waals surface area contributed by atoms with Gasteiger partial charge in [-0.2, -0.15) is 8.78 Å². The number of hydrogen-bond acceptors (Lipinski definition) is 2. The first kappa shape index (κ1) is 9.25. The van der Waals surface area contributed by atoms with E-state index in [4.69, 9.17) is 0 Å². The topological polar surface area (TPSA) is 30.0 Å². The molecule has 0 aliphatic carbocycles. The summed E-state index contributed by atoms with van der Waals surface area (Å²) in [5.74, 6) is -2.86.